The summed E-state index contributed by atoms with van der Waals surface area (Å²) in [6, 6.07) is 17.1. The molecule has 1 aliphatic rings. The van der Waals surface area contributed by atoms with Crippen LogP contribution in [0.4, 0.5) is 26.0 Å². The van der Waals surface area contributed by atoms with Crippen LogP contribution in [0.5, 0.6) is 5.75 Å². The lowest BCUT2D eigenvalue weighted by Gasteiger charge is -2.21. The molecule has 0 unspecified atom stereocenters. The maximum absolute atomic E-state index is 14.2. The average Bonchev–Trinajstić information content (AvgIpc) is 3.53. The smallest absolute Gasteiger partial charge is 0.322 e. The molecular weight excluding hydrogens is 580 g/mol. The van der Waals surface area contributed by atoms with Gasteiger partial charge in [0.15, 0.2) is 0 Å². The van der Waals surface area contributed by atoms with Gasteiger partial charge in [-0.05, 0) is 93.0 Å². The number of aromatic nitrogens is 2. The van der Waals surface area contributed by atoms with Crippen LogP contribution in [0, 0.1) is 11.6 Å². The van der Waals surface area contributed by atoms with E-state index in [0.717, 1.165) is 36.4 Å². The molecular formula is C30H29F2N5O5S. The van der Waals surface area contributed by atoms with Gasteiger partial charge in [0.05, 0.1) is 18.0 Å². The number of likely N-dealkylation sites (tertiary alicyclic amines) is 1. The molecule has 10 nitrogen and oxygen atoms in total. The van der Waals surface area contributed by atoms with Gasteiger partial charge in [0, 0.05) is 29.9 Å². The number of nitrogens with zero attached hydrogens (tertiary/aromatic N) is 4. The largest absolute Gasteiger partial charge is 0.494 e. The van der Waals surface area contributed by atoms with Gasteiger partial charge in [0.1, 0.15) is 34.4 Å². The van der Waals surface area contributed by atoms with E-state index in [1.807, 2.05) is 24.3 Å². The summed E-state index contributed by atoms with van der Waals surface area (Å²) < 4.78 is 59.6. The van der Waals surface area contributed by atoms with E-state index in [4.69, 9.17) is 4.74 Å². The van der Waals surface area contributed by atoms with Crippen LogP contribution in [0.1, 0.15) is 19.3 Å². The molecule has 0 radical (unpaired) electrons. The van der Waals surface area contributed by atoms with Crippen molar-refractivity contribution >= 4 is 33.7 Å². The fraction of sp³-hybridized carbons (Fsp3) is 0.233. The number of rotatable bonds is 13. The van der Waals surface area contributed by atoms with E-state index in [-0.39, 0.29) is 16.6 Å². The fourth-order valence-electron chi connectivity index (χ4n) is 4.67. The van der Waals surface area contributed by atoms with E-state index >= 15 is 0 Å². The molecule has 1 N–H and O–H groups in total. The molecule has 5 rings (SSSR count). The second-order valence-corrected chi connectivity index (χ2v) is 11.5. The van der Waals surface area contributed by atoms with Crippen LogP contribution in [-0.4, -0.2) is 56.0 Å². The van der Waals surface area contributed by atoms with Crippen molar-refractivity contribution in [3.8, 4) is 17.0 Å². The highest BCUT2D eigenvalue weighted by molar-refractivity contribution is 7.92. The standard InChI is InChI=1S/C30H29F2N5O5S/c31-23-6-13-29(27(32)18-23)43(39,40)37(42-21-38)25-9-7-24(8-10-25)35-30-19-28(33-20-34-30)22-4-11-26(12-5-22)41-17-3-16-36-14-1-2-15-36/h4-13,18-21H,1-3,14-17H2,(H,33,34,35). The minimum atomic E-state index is -4.70. The Balaban J connectivity index is 1.23. The summed E-state index contributed by atoms with van der Waals surface area (Å²) in [5, 5.41) is 3.11. The molecule has 1 aliphatic heterocycles. The van der Waals surface area contributed by atoms with Gasteiger partial charge in [-0.25, -0.2) is 18.7 Å². The minimum absolute atomic E-state index is 0.0943. The Morgan fingerprint density at radius 2 is 1.70 bits per heavy atom. The molecule has 0 aliphatic carbocycles. The molecule has 13 heteroatoms. The number of sulfonamides is 1. The number of halogens is 2. The lowest BCUT2D eigenvalue weighted by Crippen LogP contribution is -2.31. The van der Waals surface area contributed by atoms with Gasteiger partial charge in [0.2, 0.25) is 0 Å². The molecule has 0 bridgehead atoms. The van der Waals surface area contributed by atoms with Crippen molar-refractivity contribution in [1.82, 2.24) is 14.9 Å². The Morgan fingerprint density at radius 3 is 2.40 bits per heavy atom. The molecule has 0 amide bonds. The van der Waals surface area contributed by atoms with Crippen molar-refractivity contribution in [3.63, 3.8) is 0 Å². The maximum Gasteiger partial charge on any atom is 0.322 e. The number of carbonyl (C=O) groups excluding carboxylic acids is 1. The molecule has 0 saturated carbocycles. The predicted octanol–water partition coefficient (Wildman–Crippen LogP) is 5.31. The van der Waals surface area contributed by atoms with Gasteiger partial charge in [0.25, 0.3) is 10.0 Å². The Labute approximate surface area is 247 Å². The molecule has 224 valence electrons. The van der Waals surface area contributed by atoms with E-state index in [1.165, 1.54) is 56.5 Å². The van der Waals surface area contributed by atoms with E-state index in [1.54, 1.807) is 6.07 Å². The van der Waals surface area contributed by atoms with Crippen LogP contribution in [-0.2, 0) is 19.7 Å². The van der Waals surface area contributed by atoms with Crippen LogP contribution in [0.3, 0.4) is 0 Å². The van der Waals surface area contributed by atoms with Crippen LogP contribution < -0.4 is 14.5 Å². The van der Waals surface area contributed by atoms with Gasteiger partial charge in [-0.2, -0.15) is 8.42 Å². The van der Waals surface area contributed by atoms with E-state index in [2.05, 4.69) is 25.0 Å². The normalized spacial score (nSPS) is 13.4. The second-order valence-electron chi connectivity index (χ2n) is 9.74. The predicted molar refractivity (Wildman–Crippen MR) is 156 cm³/mol. The summed E-state index contributed by atoms with van der Waals surface area (Å²) in [4.78, 5) is 25.9. The number of ether oxygens (including phenoxy) is 1. The minimum Gasteiger partial charge on any atom is -0.494 e. The first kappa shape index (κ1) is 29.9. The molecule has 1 aromatic heterocycles. The summed E-state index contributed by atoms with van der Waals surface area (Å²) in [5.74, 6) is -1.02. The number of hydrogen-bond acceptors (Lipinski definition) is 9. The summed E-state index contributed by atoms with van der Waals surface area (Å²) in [5.41, 5.74) is 1.98. The highest BCUT2D eigenvalue weighted by Crippen LogP contribution is 2.29. The average molecular weight is 610 g/mol. The van der Waals surface area contributed by atoms with Crippen molar-refractivity contribution in [2.75, 3.05) is 36.0 Å². The first-order valence-electron chi connectivity index (χ1n) is 13.6. The third-order valence-electron chi connectivity index (χ3n) is 6.78. The lowest BCUT2D eigenvalue weighted by molar-refractivity contribution is -0.128. The molecule has 1 fully saturated rings. The topological polar surface area (TPSA) is 114 Å². The highest BCUT2D eigenvalue weighted by Gasteiger charge is 2.30. The van der Waals surface area contributed by atoms with E-state index < -0.39 is 26.6 Å². The quantitative estimate of drug-likeness (QED) is 0.122. The highest BCUT2D eigenvalue weighted by atomic mass is 32.2. The number of hydrogen-bond donors (Lipinski definition) is 1. The van der Waals surface area contributed by atoms with Gasteiger partial charge < -0.3 is 19.8 Å². The number of nitrogens with one attached hydrogen (secondary N) is 1. The lowest BCUT2D eigenvalue weighted by atomic mass is 10.1. The van der Waals surface area contributed by atoms with Crippen LogP contribution in [0.15, 0.2) is 84.0 Å². The fourth-order valence-corrected chi connectivity index (χ4v) is 5.95. The monoisotopic (exact) mass is 609 g/mol. The van der Waals surface area contributed by atoms with Gasteiger partial charge >= 0.3 is 6.47 Å². The number of carbonyl (C=O) groups is 1. The third kappa shape index (κ3) is 7.43. The number of benzene rings is 3. The molecule has 43 heavy (non-hydrogen) atoms. The van der Waals surface area contributed by atoms with Crippen molar-refractivity contribution in [2.24, 2.45) is 0 Å². The summed E-state index contributed by atoms with van der Waals surface area (Å²) in [7, 11) is -4.70. The Bertz CT molecular complexity index is 1650. The first-order chi connectivity index (χ1) is 20.8. The van der Waals surface area contributed by atoms with Gasteiger partial charge in [-0.15, -0.1) is 0 Å². The maximum atomic E-state index is 14.2. The zero-order chi connectivity index (χ0) is 30.2. The Kier molecular flexibility index (Phi) is 9.42. The van der Waals surface area contributed by atoms with Crippen LogP contribution in [0.25, 0.3) is 11.3 Å². The second kappa shape index (κ2) is 13.6. The molecule has 1 saturated heterocycles. The van der Waals surface area contributed by atoms with Gasteiger partial charge in [-0.1, -0.05) is 4.47 Å². The summed E-state index contributed by atoms with van der Waals surface area (Å²) in [6.45, 7) is 3.95. The molecule has 4 aromatic rings. The van der Waals surface area contributed by atoms with E-state index in [9.17, 15) is 22.0 Å². The zero-order valence-electron chi connectivity index (χ0n) is 23.0. The first-order valence-corrected chi connectivity index (χ1v) is 15.0. The van der Waals surface area contributed by atoms with Crippen molar-refractivity contribution in [2.45, 2.75) is 24.2 Å². The van der Waals surface area contributed by atoms with Crippen molar-refractivity contribution in [1.29, 1.82) is 0 Å². The van der Waals surface area contributed by atoms with E-state index in [0.29, 0.717) is 29.9 Å². The molecule has 0 atom stereocenters. The van der Waals surface area contributed by atoms with Crippen LogP contribution >= 0.6 is 0 Å². The third-order valence-corrected chi connectivity index (χ3v) is 8.40. The number of anilines is 3. The molecule has 3 aromatic carbocycles. The van der Waals surface area contributed by atoms with Crippen molar-refractivity contribution < 1.29 is 31.6 Å². The van der Waals surface area contributed by atoms with Gasteiger partial charge in [-0.3, -0.25) is 4.79 Å². The van der Waals surface area contributed by atoms with Crippen LogP contribution in [0.2, 0.25) is 0 Å². The van der Waals surface area contributed by atoms with Crippen molar-refractivity contribution in [3.05, 3.63) is 90.8 Å². The summed E-state index contributed by atoms with van der Waals surface area (Å²) in [6.07, 6.45) is 4.95. The SMILES string of the molecule is O=CON(c1ccc(Nc2cc(-c3ccc(OCCCN4CCCC4)cc3)ncn2)cc1)S(=O)(=O)c1ccc(F)cc1F. The molecule has 0 spiro atoms. The zero-order valence-corrected chi connectivity index (χ0v) is 23.8. The molecule has 2 heterocycles. The summed E-state index contributed by atoms with van der Waals surface area (Å²) >= 11 is 0. The Hall–Kier alpha value is -4.62. The Morgan fingerprint density at radius 1 is 0.953 bits per heavy atom.